The molecule has 0 atom stereocenters. The molecule has 0 aliphatic rings. The molecule has 0 saturated carbocycles. The summed E-state index contributed by atoms with van der Waals surface area (Å²) < 4.78 is 42.1. The third-order valence-electron chi connectivity index (χ3n) is 1.49. The zero-order valence-corrected chi connectivity index (χ0v) is 7.51. The van der Waals surface area contributed by atoms with Crippen LogP contribution in [-0.4, -0.2) is 11.8 Å². The monoisotopic (exact) mass is 218 g/mol. The van der Waals surface area contributed by atoms with E-state index in [0.29, 0.717) is 12.1 Å². The van der Waals surface area contributed by atoms with Gasteiger partial charge in [-0.25, -0.2) is 13.6 Å². The van der Waals surface area contributed by atoms with Crippen LogP contribution in [0.5, 0.6) is 5.75 Å². The Morgan fingerprint density at radius 1 is 1.13 bits per heavy atom. The fourth-order valence-corrected chi connectivity index (χ4v) is 0.759. The van der Waals surface area contributed by atoms with Crippen LogP contribution in [0.15, 0.2) is 12.1 Å². The Hall–Kier alpha value is -1.85. The molecule has 0 N–H and O–H groups in total. The molecule has 0 heterocycles. The predicted octanol–water partition coefficient (Wildman–Crippen LogP) is 1.60. The van der Waals surface area contributed by atoms with E-state index in [-0.39, 0.29) is 0 Å². The molecule has 0 spiro atoms. The van der Waals surface area contributed by atoms with E-state index >= 15 is 0 Å². The largest absolute Gasteiger partial charge is 0.418 e. The molecule has 0 radical (unpaired) electrons. The Kier molecular flexibility index (Phi) is 3.08. The highest BCUT2D eigenvalue weighted by Gasteiger charge is 2.18. The van der Waals surface area contributed by atoms with Gasteiger partial charge >= 0.3 is 5.97 Å². The first-order valence-electron chi connectivity index (χ1n) is 3.79. The molecule has 1 rings (SSSR count). The van der Waals surface area contributed by atoms with Crippen molar-refractivity contribution in [2.45, 2.75) is 6.92 Å². The van der Waals surface area contributed by atoms with Gasteiger partial charge in [-0.2, -0.15) is 4.39 Å². The molecular weight excluding hydrogens is 213 g/mol. The molecule has 0 aliphatic heterocycles. The Bertz CT molecular complexity index is 429. The summed E-state index contributed by atoms with van der Waals surface area (Å²) in [5, 5.41) is 0. The second-order valence-corrected chi connectivity index (χ2v) is 2.62. The Morgan fingerprint density at radius 2 is 1.73 bits per heavy atom. The molecular formula is C9H5F3O3. The highest BCUT2D eigenvalue weighted by molar-refractivity contribution is 6.33. The van der Waals surface area contributed by atoms with E-state index in [1.165, 1.54) is 0 Å². The van der Waals surface area contributed by atoms with Crippen LogP contribution in [0.3, 0.4) is 0 Å². The number of halogens is 3. The number of esters is 1. The summed E-state index contributed by atoms with van der Waals surface area (Å²) in [5.41, 5.74) is 0. The molecule has 15 heavy (non-hydrogen) atoms. The van der Waals surface area contributed by atoms with E-state index in [4.69, 9.17) is 0 Å². The van der Waals surface area contributed by atoms with Crippen LogP contribution in [0.1, 0.15) is 6.92 Å². The average Bonchev–Trinajstić information content (AvgIpc) is 2.18. The molecule has 1 aromatic carbocycles. The van der Waals surface area contributed by atoms with Gasteiger partial charge in [-0.1, -0.05) is 0 Å². The molecule has 3 nitrogen and oxygen atoms in total. The van der Waals surface area contributed by atoms with Crippen molar-refractivity contribution in [1.82, 2.24) is 0 Å². The van der Waals surface area contributed by atoms with E-state index in [1.54, 1.807) is 0 Å². The molecule has 1 aromatic rings. The van der Waals surface area contributed by atoms with Crippen molar-refractivity contribution in [2.75, 3.05) is 0 Å². The molecule has 0 fully saturated rings. The van der Waals surface area contributed by atoms with Gasteiger partial charge < -0.3 is 4.74 Å². The molecule has 0 amide bonds. The number of hydrogen-bond acceptors (Lipinski definition) is 3. The predicted molar refractivity (Wildman–Crippen MR) is 42.6 cm³/mol. The standard InChI is InChI=1S/C9H5F3O3/c1-4(13)9(14)15-6-3-2-5(10)7(11)8(6)12/h2-3H,1H3. The van der Waals surface area contributed by atoms with E-state index in [0.717, 1.165) is 6.92 Å². The first-order chi connectivity index (χ1) is 6.93. The van der Waals surface area contributed by atoms with Crippen molar-refractivity contribution in [3.05, 3.63) is 29.6 Å². The summed E-state index contributed by atoms with van der Waals surface area (Å²) in [7, 11) is 0. The third-order valence-corrected chi connectivity index (χ3v) is 1.49. The summed E-state index contributed by atoms with van der Waals surface area (Å²) in [6.45, 7) is 0.903. The summed E-state index contributed by atoms with van der Waals surface area (Å²) in [6, 6.07) is 1.30. The van der Waals surface area contributed by atoms with Crippen LogP contribution >= 0.6 is 0 Å². The SMILES string of the molecule is CC(=O)C(=O)Oc1ccc(F)c(F)c1F. The van der Waals surface area contributed by atoms with Crippen molar-refractivity contribution in [3.8, 4) is 5.75 Å². The van der Waals surface area contributed by atoms with Gasteiger partial charge in [-0.15, -0.1) is 0 Å². The van der Waals surface area contributed by atoms with Crippen LogP contribution in [0, 0.1) is 17.5 Å². The fraction of sp³-hybridized carbons (Fsp3) is 0.111. The van der Waals surface area contributed by atoms with Crippen molar-refractivity contribution < 1.29 is 27.5 Å². The lowest BCUT2D eigenvalue weighted by Crippen LogP contribution is -2.17. The summed E-state index contributed by atoms with van der Waals surface area (Å²) in [5.74, 6) is -7.96. The fourth-order valence-electron chi connectivity index (χ4n) is 0.759. The molecule has 0 aromatic heterocycles. The van der Waals surface area contributed by atoms with E-state index in [9.17, 15) is 22.8 Å². The first-order valence-corrected chi connectivity index (χ1v) is 3.79. The maximum Gasteiger partial charge on any atom is 0.379 e. The van der Waals surface area contributed by atoms with Gasteiger partial charge in [0.05, 0.1) is 0 Å². The molecule has 0 unspecified atom stereocenters. The number of hydrogen-bond donors (Lipinski definition) is 0. The number of carbonyl (C=O) groups is 2. The Morgan fingerprint density at radius 3 is 2.27 bits per heavy atom. The van der Waals surface area contributed by atoms with E-state index < -0.39 is 35.0 Å². The number of ketones is 1. The average molecular weight is 218 g/mol. The molecule has 0 bridgehead atoms. The minimum absolute atomic E-state index is 0.584. The van der Waals surface area contributed by atoms with Crippen molar-refractivity contribution in [3.63, 3.8) is 0 Å². The van der Waals surface area contributed by atoms with Crippen molar-refractivity contribution >= 4 is 11.8 Å². The third kappa shape index (κ3) is 2.34. The maximum atomic E-state index is 12.9. The summed E-state index contributed by atoms with van der Waals surface area (Å²) >= 11 is 0. The number of ether oxygens (including phenoxy) is 1. The van der Waals surface area contributed by atoms with Crippen molar-refractivity contribution in [2.24, 2.45) is 0 Å². The molecule has 80 valence electrons. The lowest BCUT2D eigenvalue weighted by atomic mass is 10.3. The topological polar surface area (TPSA) is 43.4 Å². The van der Waals surface area contributed by atoms with Crippen LogP contribution < -0.4 is 4.74 Å². The first kappa shape index (κ1) is 11.2. The van der Waals surface area contributed by atoms with Gasteiger partial charge in [0.15, 0.2) is 17.4 Å². The van der Waals surface area contributed by atoms with Gasteiger partial charge in [0.2, 0.25) is 11.6 Å². The Labute approximate surface area is 82.5 Å². The zero-order valence-electron chi connectivity index (χ0n) is 7.51. The second-order valence-electron chi connectivity index (χ2n) is 2.62. The number of benzene rings is 1. The van der Waals surface area contributed by atoms with Gasteiger partial charge in [0, 0.05) is 6.92 Å². The number of rotatable bonds is 2. The van der Waals surface area contributed by atoms with Gasteiger partial charge in [-0.3, -0.25) is 4.79 Å². The van der Waals surface area contributed by atoms with Gasteiger partial charge in [-0.05, 0) is 12.1 Å². The van der Waals surface area contributed by atoms with Gasteiger partial charge in [0.25, 0.3) is 0 Å². The van der Waals surface area contributed by atoms with E-state index in [2.05, 4.69) is 4.74 Å². The van der Waals surface area contributed by atoms with Gasteiger partial charge in [0.1, 0.15) is 0 Å². The van der Waals surface area contributed by atoms with Crippen LogP contribution in [0.4, 0.5) is 13.2 Å². The number of carbonyl (C=O) groups excluding carboxylic acids is 2. The summed E-state index contributed by atoms with van der Waals surface area (Å²) in [4.78, 5) is 21.2. The zero-order chi connectivity index (χ0) is 11.6. The minimum atomic E-state index is -1.76. The number of Topliss-reactive ketones (excluding diaryl/α,β-unsaturated/α-hetero) is 1. The minimum Gasteiger partial charge on any atom is -0.418 e. The van der Waals surface area contributed by atoms with Crippen LogP contribution in [0.25, 0.3) is 0 Å². The molecule has 6 heteroatoms. The smallest absolute Gasteiger partial charge is 0.379 e. The second kappa shape index (κ2) is 4.12. The van der Waals surface area contributed by atoms with E-state index in [1.807, 2.05) is 0 Å². The molecule has 0 saturated heterocycles. The quantitative estimate of drug-likeness (QED) is 0.327. The molecule has 0 aliphatic carbocycles. The Balaban J connectivity index is 3.02. The highest BCUT2D eigenvalue weighted by Crippen LogP contribution is 2.21. The summed E-state index contributed by atoms with van der Waals surface area (Å²) in [6.07, 6.45) is 0. The van der Waals surface area contributed by atoms with Crippen LogP contribution in [0.2, 0.25) is 0 Å². The highest BCUT2D eigenvalue weighted by atomic mass is 19.2. The lowest BCUT2D eigenvalue weighted by molar-refractivity contribution is -0.146. The van der Waals surface area contributed by atoms with Crippen molar-refractivity contribution in [1.29, 1.82) is 0 Å². The normalized spacial score (nSPS) is 9.87. The lowest BCUT2D eigenvalue weighted by Gasteiger charge is -2.03. The maximum absolute atomic E-state index is 12.9. The van der Waals surface area contributed by atoms with Crippen LogP contribution in [-0.2, 0) is 9.59 Å².